The van der Waals surface area contributed by atoms with E-state index in [1.54, 1.807) is 13.0 Å². The summed E-state index contributed by atoms with van der Waals surface area (Å²) in [7, 11) is 0. The van der Waals surface area contributed by atoms with Crippen molar-refractivity contribution < 1.29 is 19.4 Å². The normalized spacial score (nSPS) is 22.7. The quantitative estimate of drug-likeness (QED) is 0.855. The van der Waals surface area contributed by atoms with Gasteiger partial charge in [-0.05, 0) is 25.5 Å². The molecule has 19 heavy (non-hydrogen) atoms. The molecule has 0 aliphatic carbocycles. The zero-order valence-corrected chi connectivity index (χ0v) is 11.1. The number of aliphatic hydroxyl groups excluding tert-OH is 1. The molecule has 1 amide bonds. The van der Waals surface area contributed by atoms with Crippen molar-refractivity contribution in [3.8, 4) is 11.5 Å². The van der Waals surface area contributed by atoms with Crippen LogP contribution in [0, 0.1) is 0 Å². The SMILES string of the molecule is CC[C@H](CO)NC(=O)C1Oc2ccccc2OC1C. The first-order chi connectivity index (χ1) is 9.15. The third-order valence-corrected chi connectivity index (χ3v) is 3.16. The van der Waals surface area contributed by atoms with Crippen molar-refractivity contribution in [3.63, 3.8) is 0 Å². The summed E-state index contributed by atoms with van der Waals surface area (Å²) >= 11 is 0. The van der Waals surface area contributed by atoms with Crippen LogP contribution in [-0.2, 0) is 4.79 Å². The maximum atomic E-state index is 12.1. The molecule has 0 saturated carbocycles. The topological polar surface area (TPSA) is 67.8 Å². The Morgan fingerprint density at radius 1 is 1.37 bits per heavy atom. The number of carbonyl (C=O) groups is 1. The monoisotopic (exact) mass is 265 g/mol. The number of rotatable bonds is 4. The van der Waals surface area contributed by atoms with Gasteiger partial charge in [0.2, 0.25) is 6.10 Å². The van der Waals surface area contributed by atoms with E-state index in [4.69, 9.17) is 14.6 Å². The number of aliphatic hydroxyl groups is 1. The highest BCUT2D eigenvalue weighted by Crippen LogP contribution is 2.33. The number of ether oxygens (including phenoxy) is 2. The lowest BCUT2D eigenvalue weighted by molar-refractivity contribution is -0.134. The Hall–Kier alpha value is -1.75. The Morgan fingerprint density at radius 3 is 2.58 bits per heavy atom. The minimum atomic E-state index is -0.699. The molecule has 2 rings (SSSR count). The van der Waals surface area contributed by atoms with Crippen LogP contribution in [0.3, 0.4) is 0 Å². The number of hydrogen-bond donors (Lipinski definition) is 2. The van der Waals surface area contributed by atoms with Crippen molar-refractivity contribution in [2.75, 3.05) is 6.61 Å². The van der Waals surface area contributed by atoms with Crippen LogP contribution in [0.25, 0.3) is 0 Å². The number of benzene rings is 1. The highest BCUT2D eigenvalue weighted by molar-refractivity contribution is 5.82. The van der Waals surface area contributed by atoms with Crippen molar-refractivity contribution in [1.82, 2.24) is 5.32 Å². The van der Waals surface area contributed by atoms with E-state index in [9.17, 15) is 4.79 Å². The summed E-state index contributed by atoms with van der Waals surface area (Å²) in [5.41, 5.74) is 0. The number of amides is 1. The van der Waals surface area contributed by atoms with Crippen LogP contribution in [0.4, 0.5) is 0 Å². The van der Waals surface area contributed by atoms with E-state index >= 15 is 0 Å². The zero-order chi connectivity index (χ0) is 13.8. The average molecular weight is 265 g/mol. The summed E-state index contributed by atoms with van der Waals surface area (Å²) in [6.45, 7) is 3.61. The lowest BCUT2D eigenvalue weighted by Gasteiger charge is -2.31. The summed E-state index contributed by atoms with van der Waals surface area (Å²) in [5.74, 6) is 0.953. The number of nitrogens with one attached hydrogen (secondary N) is 1. The molecular weight excluding hydrogens is 246 g/mol. The molecule has 2 N–H and O–H groups in total. The Bertz CT molecular complexity index is 445. The van der Waals surface area contributed by atoms with Crippen molar-refractivity contribution in [1.29, 1.82) is 0 Å². The van der Waals surface area contributed by atoms with E-state index in [1.807, 2.05) is 25.1 Å². The van der Waals surface area contributed by atoms with Gasteiger partial charge in [-0.25, -0.2) is 0 Å². The Balaban J connectivity index is 2.07. The molecule has 0 radical (unpaired) electrons. The molecule has 1 aliphatic rings. The molecule has 104 valence electrons. The molecule has 1 aromatic carbocycles. The van der Waals surface area contributed by atoms with Crippen LogP contribution in [0.2, 0.25) is 0 Å². The van der Waals surface area contributed by atoms with Gasteiger partial charge in [0.15, 0.2) is 11.5 Å². The third kappa shape index (κ3) is 2.98. The predicted octanol–water partition coefficient (Wildman–Crippen LogP) is 1.10. The van der Waals surface area contributed by atoms with Crippen LogP contribution in [-0.4, -0.2) is 35.9 Å². The van der Waals surface area contributed by atoms with Gasteiger partial charge in [0.1, 0.15) is 6.10 Å². The maximum absolute atomic E-state index is 12.1. The molecule has 0 fully saturated rings. The highest BCUT2D eigenvalue weighted by atomic mass is 16.6. The molecular formula is C14H19NO4. The van der Waals surface area contributed by atoms with Crippen LogP contribution in [0.15, 0.2) is 24.3 Å². The van der Waals surface area contributed by atoms with E-state index in [1.165, 1.54) is 0 Å². The van der Waals surface area contributed by atoms with Gasteiger partial charge >= 0.3 is 0 Å². The minimum absolute atomic E-state index is 0.0826. The molecule has 1 aromatic rings. The Kier molecular flexibility index (Phi) is 4.27. The number of hydrogen-bond acceptors (Lipinski definition) is 4. The van der Waals surface area contributed by atoms with Gasteiger partial charge in [-0.15, -0.1) is 0 Å². The molecule has 0 saturated heterocycles. The van der Waals surface area contributed by atoms with Crippen molar-refractivity contribution in [3.05, 3.63) is 24.3 Å². The third-order valence-electron chi connectivity index (χ3n) is 3.16. The van der Waals surface area contributed by atoms with Crippen LogP contribution >= 0.6 is 0 Å². The number of carbonyl (C=O) groups excluding carboxylic acids is 1. The predicted molar refractivity (Wildman–Crippen MR) is 70.3 cm³/mol. The Morgan fingerprint density at radius 2 is 2.00 bits per heavy atom. The fraction of sp³-hybridized carbons (Fsp3) is 0.500. The zero-order valence-electron chi connectivity index (χ0n) is 11.1. The number of para-hydroxylation sites is 2. The largest absolute Gasteiger partial charge is 0.482 e. The second kappa shape index (κ2) is 5.93. The van der Waals surface area contributed by atoms with Gasteiger partial charge in [0.05, 0.1) is 12.6 Å². The van der Waals surface area contributed by atoms with E-state index in [-0.39, 0.29) is 24.7 Å². The molecule has 1 aliphatic heterocycles. The fourth-order valence-corrected chi connectivity index (χ4v) is 1.97. The Labute approximate surface area is 112 Å². The van der Waals surface area contributed by atoms with Crippen molar-refractivity contribution >= 4 is 5.91 Å². The van der Waals surface area contributed by atoms with Crippen molar-refractivity contribution in [2.45, 2.75) is 38.5 Å². The first-order valence-electron chi connectivity index (χ1n) is 6.49. The second-order valence-corrected chi connectivity index (χ2v) is 4.60. The molecule has 2 unspecified atom stereocenters. The highest BCUT2D eigenvalue weighted by Gasteiger charge is 2.34. The molecule has 0 spiro atoms. The smallest absolute Gasteiger partial charge is 0.265 e. The summed E-state index contributed by atoms with van der Waals surface area (Å²) in [6.07, 6.45) is -0.401. The number of fused-ring (bicyclic) bond motifs is 1. The maximum Gasteiger partial charge on any atom is 0.265 e. The standard InChI is InChI=1S/C14H19NO4/c1-3-10(8-16)15-14(17)13-9(2)18-11-6-4-5-7-12(11)19-13/h4-7,9-10,13,16H,3,8H2,1-2H3,(H,15,17)/t9?,10-,13?/m1/s1. The van der Waals surface area contributed by atoms with Crippen LogP contribution in [0.5, 0.6) is 11.5 Å². The fourth-order valence-electron chi connectivity index (χ4n) is 1.97. The molecule has 0 aromatic heterocycles. The molecule has 5 heteroatoms. The van der Waals surface area contributed by atoms with Gasteiger partial charge in [0, 0.05) is 0 Å². The van der Waals surface area contributed by atoms with Gasteiger partial charge in [-0.2, -0.15) is 0 Å². The van der Waals surface area contributed by atoms with Crippen LogP contribution in [0.1, 0.15) is 20.3 Å². The van der Waals surface area contributed by atoms with E-state index in [0.717, 1.165) is 0 Å². The minimum Gasteiger partial charge on any atom is -0.482 e. The van der Waals surface area contributed by atoms with Gasteiger partial charge in [-0.3, -0.25) is 4.79 Å². The van der Waals surface area contributed by atoms with E-state index < -0.39 is 6.10 Å². The van der Waals surface area contributed by atoms with Gasteiger partial charge in [-0.1, -0.05) is 19.1 Å². The van der Waals surface area contributed by atoms with Crippen molar-refractivity contribution in [2.24, 2.45) is 0 Å². The molecule has 0 bridgehead atoms. The van der Waals surface area contributed by atoms with E-state index in [0.29, 0.717) is 17.9 Å². The first-order valence-corrected chi connectivity index (χ1v) is 6.49. The average Bonchev–Trinajstić information content (AvgIpc) is 2.43. The van der Waals surface area contributed by atoms with Crippen LogP contribution < -0.4 is 14.8 Å². The lowest BCUT2D eigenvalue weighted by atomic mass is 10.1. The summed E-state index contributed by atoms with van der Waals surface area (Å²) in [5, 5.41) is 11.9. The summed E-state index contributed by atoms with van der Waals surface area (Å²) in [4.78, 5) is 12.1. The summed E-state index contributed by atoms with van der Waals surface area (Å²) < 4.78 is 11.3. The second-order valence-electron chi connectivity index (χ2n) is 4.60. The molecule has 3 atom stereocenters. The summed E-state index contributed by atoms with van der Waals surface area (Å²) in [6, 6.07) is 7.01. The van der Waals surface area contributed by atoms with Gasteiger partial charge < -0.3 is 19.9 Å². The van der Waals surface area contributed by atoms with E-state index in [2.05, 4.69) is 5.32 Å². The molecule has 5 nitrogen and oxygen atoms in total. The lowest BCUT2D eigenvalue weighted by Crippen LogP contribution is -2.52. The first kappa shape index (κ1) is 13.7. The van der Waals surface area contributed by atoms with Gasteiger partial charge in [0.25, 0.3) is 5.91 Å². The molecule has 1 heterocycles.